The number of aliphatic hydroxyl groups is 1. The van der Waals surface area contributed by atoms with Crippen molar-refractivity contribution >= 4 is 0 Å². The maximum atomic E-state index is 9.08. The van der Waals surface area contributed by atoms with E-state index in [1.807, 2.05) is 6.92 Å². The predicted octanol–water partition coefficient (Wildman–Crippen LogP) is 2.66. The summed E-state index contributed by atoms with van der Waals surface area (Å²) in [6.45, 7) is 7.84. The van der Waals surface area contributed by atoms with Gasteiger partial charge < -0.3 is 19.9 Å². The van der Waals surface area contributed by atoms with Crippen molar-refractivity contribution in [3.63, 3.8) is 0 Å². The second kappa shape index (κ2) is 7.66. The zero-order valence-corrected chi connectivity index (χ0v) is 13.3. The van der Waals surface area contributed by atoms with Gasteiger partial charge in [-0.3, -0.25) is 0 Å². The van der Waals surface area contributed by atoms with Gasteiger partial charge in [0, 0.05) is 36.7 Å². The van der Waals surface area contributed by atoms with Crippen molar-refractivity contribution in [3.8, 4) is 11.5 Å². The number of benzene rings is 1. The second-order valence-corrected chi connectivity index (χ2v) is 5.63. The molecule has 1 aliphatic rings. The fraction of sp³-hybridized carbons (Fsp3) is 0.647. The third kappa shape index (κ3) is 4.11. The fourth-order valence-corrected chi connectivity index (χ4v) is 2.77. The van der Waals surface area contributed by atoms with E-state index in [-0.39, 0.29) is 12.7 Å². The molecule has 1 aromatic rings. The third-order valence-corrected chi connectivity index (χ3v) is 3.93. The molecule has 0 radical (unpaired) electrons. The summed E-state index contributed by atoms with van der Waals surface area (Å²) in [6.07, 6.45) is 2.98. The van der Waals surface area contributed by atoms with Crippen molar-refractivity contribution in [3.05, 3.63) is 23.3 Å². The second-order valence-electron chi connectivity index (χ2n) is 5.63. The van der Waals surface area contributed by atoms with Gasteiger partial charge in [0.2, 0.25) is 0 Å². The monoisotopic (exact) mass is 293 g/mol. The van der Waals surface area contributed by atoms with Crippen LogP contribution in [-0.2, 0) is 13.0 Å². The van der Waals surface area contributed by atoms with Gasteiger partial charge in [-0.2, -0.15) is 0 Å². The summed E-state index contributed by atoms with van der Waals surface area (Å²) in [6, 6.07) is 4.55. The Morgan fingerprint density at radius 3 is 2.90 bits per heavy atom. The lowest BCUT2D eigenvalue weighted by atomic mass is 10.1. The molecule has 0 saturated carbocycles. The highest BCUT2D eigenvalue weighted by Gasteiger charge is 2.22. The van der Waals surface area contributed by atoms with Gasteiger partial charge in [-0.25, -0.2) is 0 Å². The standard InChI is InChI=1S/C17H27NO3/c1-4-15(6-7-19)18-11-14-10-17-13(8-12(3)21-17)9-16(14)20-5-2/h9-10,12,15,18-19H,4-8,11H2,1-3H3. The molecule has 1 aromatic carbocycles. The molecular formula is C17H27NO3. The summed E-state index contributed by atoms with van der Waals surface area (Å²) in [4.78, 5) is 0. The largest absolute Gasteiger partial charge is 0.494 e. The Morgan fingerprint density at radius 2 is 2.24 bits per heavy atom. The van der Waals surface area contributed by atoms with Crippen molar-refractivity contribution in [2.75, 3.05) is 13.2 Å². The van der Waals surface area contributed by atoms with Crippen LogP contribution in [0.15, 0.2) is 12.1 Å². The van der Waals surface area contributed by atoms with Crippen LogP contribution in [0.3, 0.4) is 0 Å². The minimum Gasteiger partial charge on any atom is -0.494 e. The molecule has 2 N–H and O–H groups in total. The van der Waals surface area contributed by atoms with Crippen molar-refractivity contribution in [2.24, 2.45) is 0 Å². The van der Waals surface area contributed by atoms with Crippen molar-refractivity contribution in [1.29, 1.82) is 0 Å². The van der Waals surface area contributed by atoms with E-state index < -0.39 is 0 Å². The summed E-state index contributed by atoms with van der Waals surface area (Å²) in [7, 11) is 0. The molecule has 21 heavy (non-hydrogen) atoms. The van der Waals surface area contributed by atoms with Gasteiger partial charge in [-0.15, -0.1) is 0 Å². The van der Waals surface area contributed by atoms with Crippen LogP contribution in [0.2, 0.25) is 0 Å². The molecule has 0 spiro atoms. The highest BCUT2D eigenvalue weighted by molar-refractivity contribution is 5.48. The zero-order chi connectivity index (χ0) is 15.2. The lowest BCUT2D eigenvalue weighted by Crippen LogP contribution is -2.29. The third-order valence-electron chi connectivity index (χ3n) is 3.93. The Morgan fingerprint density at radius 1 is 1.43 bits per heavy atom. The Bertz CT molecular complexity index is 462. The van der Waals surface area contributed by atoms with E-state index in [0.29, 0.717) is 12.6 Å². The summed E-state index contributed by atoms with van der Waals surface area (Å²) >= 11 is 0. The minimum absolute atomic E-state index is 0.217. The number of rotatable bonds is 8. The smallest absolute Gasteiger partial charge is 0.124 e. The summed E-state index contributed by atoms with van der Waals surface area (Å²) < 4.78 is 11.6. The SMILES string of the molecule is CCOc1cc2c(cc1CNC(CC)CCO)OC(C)C2. The van der Waals surface area contributed by atoms with Crippen LogP contribution in [0.5, 0.6) is 11.5 Å². The molecule has 1 aliphatic heterocycles. The Labute approximate surface area is 127 Å². The zero-order valence-electron chi connectivity index (χ0n) is 13.3. The van der Waals surface area contributed by atoms with E-state index in [2.05, 4.69) is 31.3 Å². The van der Waals surface area contributed by atoms with E-state index in [4.69, 9.17) is 14.6 Å². The maximum absolute atomic E-state index is 9.08. The Balaban J connectivity index is 2.12. The first-order valence-corrected chi connectivity index (χ1v) is 7.97. The molecule has 4 heteroatoms. The summed E-state index contributed by atoms with van der Waals surface area (Å²) in [5.74, 6) is 1.93. The average molecular weight is 293 g/mol. The van der Waals surface area contributed by atoms with Gasteiger partial charge >= 0.3 is 0 Å². The number of fused-ring (bicyclic) bond motifs is 1. The van der Waals surface area contributed by atoms with Crippen LogP contribution in [0.4, 0.5) is 0 Å². The Hall–Kier alpha value is -1.26. The van der Waals surface area contributed by atoms with Crippen LogP contribution in [0.25, 0.3) is 0 Å². The average Bonchev–Trinajstić information content (AvgIpc) is 2.82. The van der Waals surface area contributed by atoms with Crippen molar-refractivity contribution in [2.45, 2.75) is 58.7 Å². The number of nitrogens with one attached hydrogen (secondary N) is 1. The van der Waals surface area contributed by atoms with Crippen LogP contribution < -0.4 is 14.8 Å². The number of ether oxygens (including phenoxy) is 2. The van der Waals surface area contributed by atoms with Crippen molar-refractivity contribution < 1.29 is 14.6 Å². The maximum Gasteiger partial charge on any atom is 0.124 e. The minimum atomic E-state index is 0.217. The quantitative estimate of drug-likeness (QED) is 0.773. The molecule has 0 aliphatic carbocycles. The topological polar surface area (TPSA) is 50.7 Å². The lowest BCUT2D eigenvalue weighted by molar-refractivity contribution is 0.253. The molecule has 2 rings (SSSR count). The van der Waals surface area contributed by atoms with Crippen LogP contribution in [0, 0.1) is 0 Å². The van der Waals surface area contributed by atoms with Crippen LogP contribution in [-0.4, -0.2) is 30.5 Å². The first-order chi connectivity index (χ1) is 10.2. The molecule has 0 fully saturated rings. The highest BCUT2D eigenvalue weighted by atomic mass is 16.5. The van der Waals surface area contributed by atoms with E-state index in [9.17, 15) is 0 Å². The van der Waals surface area contributed by atoms with E-state index >= 15 is 0 Å². The molecule has 2 unspecified atom stereocenters. The van der Waals surface area contributed by atoms with Gasteiger partial charge in [0.1, 0.15) is 17.6 Å². The van der Waals surface area contributed by atoms with Gasteiger partial charge in [-0.05, 0) is 38.8 Å². The molecule has 0 aromatic heterocycles. The fourth-order valence-electron chi connectivity index (χ4n) is 2.77. The van der Waals surface area contributed by atoms with Crippen LogP contribution >= 0.6 is 0 Å². The molecule has 118 valence electrons. The van der Waals surface area contributed by atoms with Gasteiger partial charge in [0.05, 0.1) is 6.61 Å². The van der Waals surface area contributed by atoms with E-state index in [1.54, 1.807) is 0 Å². The Kier molecular flexibility index (Phi) is 5.88. The first kappa shape index (κ1) is 16.1. The van der Waals surface area contributed by atoms with Gasteiger partial charge in [0.25, 0.3) is 0 Å². The normalized spacial score (nSPS) is 18.2. The molecule has 0 bridgehead atoms. The first-order valence-electron chi connectivity index (χ1n) is 7.97. The van der Waals surface area contributed by atoms with E-state index in [1.165, 1.54) is 5.56 Å². The highest BCUT2D eigenvalue weighted by Crippen LogP contribution is 2.35. The molecule has 2 atom stereocenters. The van der Waals surface area contributed by atoms with Crippen molar-refractivity contribution in [1.82, 2.24) is 5.32 Å². The molecule has 4 nitrogen and oxygen atoms in total. The number of aliphatic hydroxyl groups excluding tert-OH is 1. The lowest BCUT2D eigenvalue weighted by Gasteiger charge is -2.18. The number of hydrogen-bond acceptors (Lipinski definition) is 4. The molecule has 0 saturated heterocycles. The number of hydrogen-bond donors (Lipinski definition) is 2. The molecule has 1 heterocycles. The molecular weight excluding hydrogens is 266 g/mol. The summed E-state index contributed by atoms with van der Waals surface area (Å²) in [5, 5.41) is 12.6. The van der Waals surface area contributed by atoms with Gasteiger partial charge in [0.15, 0.2) is 0 Å². The van der Waals surface area contributed by atoms with Crippen LogP contribution in [0.1, 0.15) is 44.7 Å². The summed E-state index contributed by atoms with van der Waals surface area (Å²) in [5.41, 5.74) is 2.36. The predicted molar refractivity (Wildman–Crippen MR) is 84.0 cm³/mol. The molecule has 0 amide bonds. The van der Waals surface area contributed by atoms with E-state index in [0.717, 1.165) is 42.9 Å². The van der Waals surface area contributed by atoms with Gasteiger partial charge in [-0.1, -0.05) is 6.92 Å².